The van der Waals surface area contributed by atoms with Gasteiger partial charge in [0.25, 0.3) is 0 Å². The predicted octanol–water partition coefficient (Wildman–Crippen LogP) is 3.36. The van der Waals surface area contributed by atoms with Crippen LogP contribution in [-0.4, -0.2) is 18.0 Å². The highest BCUT2D eigenvalue weighted by molar-refractivity contribution is 5.90. The Morgan fingerprint density at radius 3 is 2.71 bits per heavy atom. The number of aryl methyl sites for hydroxylation is 2. The van der Waals surface area contributed by atoms with Crippen LogP contribution in [0, 0.1) is 6.92 Å². The summed E-state index contributed by atoms with van der Waals surface area (Å²) in [6.45, 7) is 2.10. The molecule has 0 saturated carbocycles. The van der Waals surface area contributed by atoms with E-state index >= 15 is 0 Å². The van der Waals surface area contributed by atoms with Crippen LogP contribution in [0.3, 0.4) is 0 Å². The number of carbonyl (C=O) groups is 1. The third-order valence-corrected chi connectivity index (χ3v) is 3.34. The zero-order valence-electron chi connectivity index (χ0n) is 12.4. The van der Waals surface area contributed by atoms with Crippen molar-refractivity contribution in [3.8, 4) is 5.88 Å². The second kappa shape index (κ2) is 7.43. The Bertz CT molecular complexity index is 594. The first kappa shape index (κ1) is 15.0. The summed E-state index contributed by atoms with van der Waals surface area (Å²) in [5, 5.41) is 2.84. The van der Waals surface area contributed by atoms with Gasteiger partial charge in [-0.25, -0.2) is 4.98 Å². The lowest BCUT2D eigenvalue weighted by molar-refractivity contribution is -0.116. The number of hydrogen-bond donors (Lipinski definition) is 1. The number of methoxy groups -OCH3 is 1. The summed E-state index contributed by atoms with van der Waals surface area (Å²) in [6, 6.07) is 11.8. The molecule has 0 atom stereocenters. The van der Waals surface area contributed by atoms with E-state index in [0.717, 1.165) is 12.8 Å². The first-order valence-electron chi connectivity index (χ1n) is 7.03. The van der Waals surface area contributed by atoms with Gasteiger partial charge in [0, 0.05) is 12.5 Å². The molecule has 0 bridgehead atoms. The SMILES string of the molecule is COc1ccc(NC(=O)CCCc2ccccc2C)cn1. The van der Waals surface area contributed by atoms with Gasteiger partial charge in [-0.05, 0) is 37.0 Å². The van der Waals surface area contributed by atoms with E-state index in [0.29, 0.717) is 18.0 Å². The Balaban J connectivity index is 1.78. The molecular weight excluding hydrogens is 264 g/mol. The van der Waals surface area contributed by atoms with E-state index in [1.807, 2.05) is 12.1 Å². The van der Waals surface area contributed by atoms with Crippen molar-refractivity contribution in [1.29, 1.82) is 0 Å². The maximum Gasteiger partial charge on any atom is 0.224 e. The topological polar surface area (TPSA) is 51.2 Å². The molecule has 21 heavy (non-hydrogen) atoms. The summed E-state index contributed by atoms with van der Waals surface area (Å²) in [5.41, 5.74) is 3.27. The highest BCUT2D eigenvalue weighted by Gasteiger charge is 2.04. The molecule has 0 aliphatic rings. The number of benzene rings is 1. The second-order valence-corrected chi connectivity index (χ2v) is 4.92. The number of hydrogen-bond acceptors (Lipinski definition) is 3. The van der Waals surface area contributed by atoms with E-state index in [1.165, 1.54) is 11.1 Å². The lowest BCUT2D eigenvalue weighted by Gasteiger charge is -2.07. The number of pyridine rings is 1. The average Bonchev–Trinajstić information content (AvgIpc) is 2.50. The summed E-state index contributed by atoms with van der Waals surface area (Å²) >= 11 is 0. The molecule has 1 amide bonds. The molecule has 1 heterocycles. The van der Waals surface area contributed by atoms with E-state index < -0.39 is 0 Å². The van der Waals surface area contributed by atoms with Crippen LogP contribution in [-0.2, 0) is 11.2 Å². The molecule has 4 nitrogen and oxygen atoms in total. The van der Waals surface area contributed by atoms with Gasteiger partial charge in [0.05, 0.1) is 19.0 Å². The molecule has 110 valence electrons. The number of aromatic nitrogens is 1. The molecule has 1 N–H and O–H groups in total. The third-order valence-electron chi connectivity index (χ3n) is 3.34. The molecule has 0 fully saturated rings. The minimum Gasteiger partial charge on any atom is -0.481 e. The fraction of sp³-hybridized carbons (Fsp3) is 0.294. The zero-order valence-corrected chi connectivity index (χ0v) is 12.4. The largest absolute Gasteiger partial charge is 0.481 e. The van der Waals surface area contributed by atoms with Gasteiger partial charge in [0.1, 0.15) is 0 Å². The molecule has 2 rings (SSSR count). The van der Waals surface area contributed by atoms with Crippen LogP contribution in [0.2, 0.25) is 0 Å². The maximum absolute atomic E-state index is 11.9. The average molecular weight is 284 g/mol. The lowest BCUT2D eigenvalue weighted by atomic mass is 10.0. The van der Waals surface area contributed by atoms with Gasteiger partial charge >= 0.3 is 0 Å². The molecule has 0 saturated heterocycles. The molecule has 0 aliphatic carbocycles. The normalized spacial score (nSPS) is 10.2. The van der Waals surface area contributed by atoms with E-state index in [-0.39, 0.29) is 5.91 Å². The monoisotopic (exact) mass is 284 g/mol. The Morgan fingerprint density at radius 2 is 2.05 bits per heavy atom. The number of nitrogens with zero attached hydrogens (tertiary/aromatic N) is 1. The standard InChI is InChI=1S/C17H20N2O2/c1-13-6-3-4-7-14(13)8-5-9-16(20)19-15-10-11-17(21-2)18-12-15/h3-4,6-7,10-12H,5,8-9H2,1-2H3,(H,19,20). The molecule has 0 unspecified atom stereocenters. The molecule has 1 aromatic heterocycles. The van der Waals surface area contributed by atoms with Crippen molar-refractivity contribution in [3.05, 3.63) is 53.7 Å². The highest BCUT2D eigenvalue weighted by atomic mass is 16.5. The summed E-state index contributed by atoms with van der Waals surface area (Å²) in [5.74, 6) is 0.545. The van der Waals surface area contributed by atoms with Crippen molar-refractivity contribution in [2.24, 2.45) is 0 Å². The molecule has 4 heteroatoms. The van der Waals surface area contributed by atoms with Crippen molar-refractivity contribution >= 4 is 11.6 Å². The number of amides is 1. The number of ether oxygens (including phenoxy) is 1. The first-order valence-corrected chi connectivity index (χ1v) is 7.03. The summed E-state index contributed by atoms with van der Waals surface area (Å²) < 4.78 is 4.98. The second-order valence-electron chi connectivity index (χ2n) is 4.92. The number of nitrogens with one attached hydrogen (secondary N) is 1. The minimum absolute atomic E-state index is 0.00977. The van der Waals surface area contributed by atoms with Gasteiger partial charge in [0.15, 0.2) is 0 Å². The fourth-order valence-corrected chi connectivity index (χ4v) is 2.13. The van der Waals surface area contributed by atoms with E-state index in [9.17, 15) is 4.79 Å². The van der Waals surface area contributed by atoms with Crippen LogP contribution in [0.15, 0.2) is 42.6 Å². The molecule has 2 aromatic rings. The number of carbonyl (C=O) groups excluding carboxylic acids is 1. The van der Waals surface area contributed by atoms with E-state index in [1.54, 1.807) is 25.4 Å². The quantitative estimate of drug-likeness (QED) is 0.885. The Morgan fingerprint density at radius 1 is 1.24 bits per heavy atom. The van der Waals surface area contributed by atoms with Gasteiger partial charge in [-0.1, -0.05) is 24.3 Å². The van der Waals surface area contributed by atoms with Crippen LogP contribution >= 0.6 is 0 Å². The molecular formula is C17H20N2O2. The Kier molecular flexibility index (Phi) is 5.32. The third kappa shape index (κ3) is 4.60. The summed E-state index contributed by atoms with van der Waals surface area (Å²) in [6.07, 6.45) is 3.85. The minimum atomic E-state index is 0.00977. The van der Waals surface area contributed by atoms with E-state index in [4.69, 9.17) is 4.74 Å². The molecule has 0 spiro atoms. The maximum atomic E-state index is 11.9. The van der Waals surface area contributed by atoms with Crippen LogP contribution < -0.4 is 10.1 Å². The Hall–Kier alpha value is -2.36. The molecule has 0 radical (unpaired) electrons. The van der Waals surface area contributed by atoms with Gasteiger partial charge in [-0.3, -0.25) is 4.79 Å². The predicted molar refractivity (Wildman–Crippen MR) is 83.5 cm³/mol. The van der Waals surface area contributed by atoms with E-state index in [2.05, 4.69) is 29.4 Å². The Labute approximate surface area is 125 Å². The molecule has 0 aliphatic heterocycles. The van der Waals surface area contributed by atoms with Crippen LogP contribution in [0.5, 0.6) is 5.88 Å². The van der Waals surface area contributed by atoms with Crippen molar-refractivity contribution in [2.75, 3.05) is 12.4 Å². The zero-order chi connectivity index (χ0) is 15.1. The number of rotatable bonds is 6. The van der Waals surface area contributed by atoms with Gasteiger partial charge in [-0.2, -0.15) is 0 Å². The lowest BCUT2D eigenvalue weighted by Crippen LogP contribution is -2.11. The smallest absolute Gasteiger partial charge is 0.224 e. The fourth-order valence-electron chi connectivity index (χ4n) is 2.13. The van der Waals surface area contributed by atoms with Gasteiger partial charge < -0.3 is 10.1 Å². The van der Waals surface area contributed by atoms with Crippen LogP contribution in [0.25, 0.3) is 0 Å². The van der Waals surface area contributed by atoms with Crippen LogP contribution in [0.4, 0.5) is 5.69 Å². The highest BCUT2D eigenvalue weighted by Crippen LogP contribution is 2.13. The van der Waals surface area contributed by atoms with Gasteiger partial charge in [-0.15, -0.1) is 0 Å². The van der Waals surface area contributed by atoms with Crippen LogP contribution in [0.1, 0.15) is 24.0 Å². The van der Waals surface area contributed by atoms with Crippen molar-refractivity contribution in [3.63, 3.8) is 0 Å². The summed E-state index contributed by atoms with van der Waals surface area (Å²) in [4.78, 5) is 15.9. The molecule has 1 aromatic carbocycles. The van der Waals surface area contributed by atoms with Crippen molar-refractivity contribution in [1.82, 2.24) is 4.98 Å². The van der Waals surface area contributed by atoms with Gasteiger partial charge in [0.2, 0.25) is 11.8 Å². The summed E-state index contributed by atoms with van der Waals surface area (Å²) in [7, 11) is 1.56. The number of anilines is 1. The van der Waals surface area contributed by atoms with Crippen molar-refractivity contribution < 1.29 is 9.53 Å². The van der Waals surface area contributed by atoms with Crippen molar-refractivity contribution in [2.45, 2.75) is 26.2 Å². The first-order chi connectivity index (χ1) is 10.2.